The summed E-state index contributed by atoms with van der Waals surface area (Å²) in [6.07, 6.45) is 0.714. The van der Waals surface area contributed by atoms with E-state index in [9.17, 15) is 9.59 Å². The van der Waals surface area contributed by atoms with Crippen molar-refractivity contribution in [2.24, 2.45) is 0 Å². The zero-order chi connectivity index (χ0) is 14.9. The SMILES string of the molecule is CCOc1ccccc1CN1C(=O)NC2(CCSC2)C1=O. The lowest BCUT2D eigenvalue weighted by Crippen LogP contribution is -2.46. The predicted octanol–water partition coefficient (Wildman–Crippen LogP) is 2.01. The Bertz CT molecular complexity index is 570. The van der Waals surface area contributed by atoms with E-state index < -0.39 is 5.54 Å². The highest BCUT2D eigenvalue weighted by Gasteiger charge is 2.52. The van der Waals surface area contributed by atoms with Crippen molar-refractivity contribution >= 4 is 23.7 Å². The molecule has 0 bridgehead atoms. The van der Waals surface area contributed by atoms with Crippen molar-refractivity contribution in [1.29, 1.82) is 0 Å². The average Bonchev–Trinajstić information content (AvgIpc) is 3.03. The Kier molecular flexibility index (Phi) is 3.80. The first-order valence-electron chi connectivity index (χ1n) is 7.09. The van der Waals surface area contributed by atoms with E-state index >= 15 is 0 Å². The fourth-order valence-electron chi connectivity index (χ4n) is 2.75. The largest absolute Gasteiger partial charge is 0.494 e. The number of carbonyl (C=O) groups excluding carboxylic acids is 2. The molecule has 2 aliphatic heterocycles. The van der Waals surface area contributed by atoms with E-state index in [0.29, 0.717) is 18.8 Å². The molecular weight excluding hydrogens is 288 g/mol. The first-order valence-corrected chi connectivity index (χ1v) is 8.24. The van der Waals surface area contributed by atoms with Gasteiger partial charge in [-0.2, -0.15) is 11.8 Å². The van der Waals surface area contributed by atoms with E-state index in [0.717, 1.165) is 17.1 Å². The van der Waals surface area contributed by atoms with Crippen LogP contribution in [0.2, 0.25) is 0 Å². The van der Waals surface area contributed by atoms with Gasteiger partial charge in [0.25, 0.3) is 5.91 Å². The molecule has 0 saturated carbocycles. The van der Waals surface area contributed by atoms with Crippen molar-refractivity contribution in [2.45, 2.75) is 25.4 Å². The van der Waals surface area contributed by atoms with Gasteiger partial charge in [-0.15, -0.1) is 0 Å². The molecule has 1 spiro atoms. The van der Waals surface area contributed by atoms with Gasteiger partial charge in [-0.1, -0.05) is 18.2 Å². The summed E-state index contributed by atoms with van der Waals surface area (Å²) in [4.78, 5) is 26.1. The van der Waals surface area contributed by atoms with Crippen LogP contribution in [0.1, 0.15) is 18.9 Å². The summed E-state index contributed by atoms with van der Waals surface area (Å²) in [5.41, 5.74) is 0.174. The van der Waals surface area contributed by atoms with Gasteiger partial charge in [0.05, 0.1) is 13.2 Å². The van der Waals surface area contributed by atoms with Crippen LogP contribution < -0.4 is 10.1 Å². The third kappa shape index (κ3) is 2.48. The Hall–Kier alpha value is -1.69. The Morgan fingerprint density at radius 2 is 2.19 bits per heavy atom. The maximum atomic E-state index is 12.6. The fraction of sp³-hybridized carbons (Fsp3) is 0.467. The predicted molar refractivity (Wildman–Crippen MR) is 81.4 cm³/mol. The molecule has 21 heavy (non-hydrogen) atoms. The number of nitrogens with one attached hydrogen (secondary N) is 1. The molecule has 0 radical (unpaired) electrons. The highest BCUT2D eigenvalue weighted by Crippen LogP contribution is 2.34. The van der Waals surface area contributed by atoms with E-state index in [2.05, 4.69) is 5.32 Å². The van der Waals surface area contributed by atoms with Crippen LogP contribution in [0.25, 0.3) is 0 Å². The molecule has 0 aromatic heterocycles. The van der Waals surface area contributed by atoms with Crippen LogP contribution in [0.5, 0.6) is 5.75 Å². The van der Waals surface area contributed by atoms with Gasteiger partial charge in [0.1, 0.15) is 11.3 Å². The van der Waals surface area contributed by atoms with E-state index in [1.54, 1.807) is 11.8 Å². The minimum Gasteiger partial charge on any atom is -0.494 e. The first kappa shape index (κ1) is 14.3. The van der Waals surface area contributed by atoms with Gasteiger partial charge in [-0.3, -0.25) is 9.69 Å². The molecule has 2 fully saturated rings. The zero-order valence-corrected chi connectivity index (χ0v) is 12.7. The zero-order valence-electron chi connectivity index (χ0n) is 11.9. The van der Waals surface area contributed by atoms with Gasteiger partial charge in [0, 0.05) is 11.3 Å². The summed E-state index contributed by atoms with van der Waals surface area (Å²) >= 11 is 1.71. The topological polar surface area (TPSA) is 58.6 Å². The maximum absolute atomic E-state index is 12.6. The Labute approximate surface area is 128 Å². The highest BCUT2D eigenvalue weighted by molar-refractivity contribution is 7.99. The molecule has 2 heterocycles. The smallest absolute Gasteiger partial charge is 0.325 e. The number of nitrogens with zero attached hydrogens (tertiary/aromatic N) is 1. The third-order valence-corrected chi connectivity index (χ3v) is 5.06. The molecule has 1 unspecified atom stereocenters. The van der Waals surface area contributed by atoms with Crippen LogP contribution in [0.4, 0.5) is 4.79 Å². The monoisotopic (exact) mass is 306 g/mol. The molecule has 3 amide bonds. The standard InChI is InChI=1S/C15H18N2O3S/c1-2-20-12-6-4-3-5-11(12)9-17-13(18)15(16-14(17)19)7-8-21-10-15/h3-6H,2,7-10H2,1H3,(H,16,19). The van der Waals surface area contributed by atoms with E-state index in [-0.39, 0.29) is 18.5 Å². The first-order chi connectivity index (χ1) is 10.2. The number of hydrogen-bond acceptors (Lipinski definition) is 4. The molecule has 2 saturated heterocycles. The lowest BCUT2D eigenvalue weighted by molar-refractivity contribution is -0.130. The molecule has 2 aliphatic rings. The summed E-state index contributed by atoms with van der Waals surface area (Å²) in [5.74, 6) is 2.20. The molecule has 5 nitrogen and oxygen atoms in total. The van der Waals surface area contributed by atoms with Crippen molar-refractivity contribution in [2.75, 3.05) is 18.1 Å². The number of benzene rings is 1. The highest BCUT2D eigenvalue weighted by atomic mass is 32.2. The van der Waals surface area contributed by atoms with Crippen molar-refractivity contribution in [3.05, 3.63) is 29.8 Å². The number of hydrogen-bond donors (Lipinski definition) is 1. The van der Waals surface area contributed by atoms with Gasteiger partial charge in [-0.05, 0) is 25.2 Å². The van der Waals surface area contributed by atoms with E-state index in [1.807, 2.05) is 31.2 Å². The minimum atomic E-state index is -0.678. The average molecular weight is 306 g/mol. The van der Waals surface area contributed by atoms with Crippen LogP contribution in [-0.2, 0) is 11.3 Å². The van der Waals surface area contributed by atoms with Gasteiger partial charge in [0.2, 0.25) is 0 Å². The number of thioether (sulfide) groups is 1. The van der Waals surface area contributed by atoms with Crippen molar-refractivity contribution in [3.63, 3.8) is 0 Å². The quantitative estimate of drug-likeness (QED) is 0.865. The number of imide groups is 1. The van der Waals surface area contributed by atoms with Gasteiger partial charge in [0.15, 0.2) is 0 Å². The molecular formula is C15H18N2O3S. The number of rotatable bonds is 4. The van der Waals surface area contributed by atoms with Crippen LogP contribution in [0.3, 0.4) is 0 Å². The van der Waals surface area contributed by atoms with E-state index in [4.69, 9.17) is 4.74 Å². The van der Waals surface area contributed by atoms with Crippen LogP contribution in [0, 0.1) is 0 Å². The summed E-state index contributed by atoms with van der Waals surface area (Å²) < 4.78 is 5.56. The molecule has 1 aromatic carbocycles. The molecule has 0 aliphatic carbocycles. The summed E-state index contributed by atoms with van der Waals surface area (Å²) in [6, 6.07) is 7.22. The Morgan fingerprint density at radius 1 is 1.38 bits per heavy atom. The fourth-order valence-corrected chi connectivity index (χ4v) is 4.08. The van der Waals surface area contributed by atoms with Crippen LogP contribution >= 0.6 is 11.8 Å². The molecule has 3 rings (SSSR count). The van der Waals surface area contributed by atoms with Crippen LogP contribution in [0.15, 0.2) is 24.3 Å². The van der Waals surface area contributed by atoms with Crippen molar-refractivity contribution in [1.82, 2.24) is 10.2 Å². The second-order valence-electron chi connectivity index (χ2n) is 5.25. The number of amides is 3. The molecule has 6 heteroatoms. The summed E-state index contributed by atoms with van der Waals surface area (Å²) in [6.45, 7) is 2.72. The van der Waals surface area contributed by atoms with E-state index in [1.165, 1.54) is 4.90 Å². The molecule has 1 atom stereocenters. The normalized spacial score (nSPS) is 24.7. The lowest BCUT2D eigenvalue weighted by atomic mass is 9.99. The number of ether oxygens (including phenoxy) is 1. The van der Waals surface area contributed by atoms with Crippen molar-refractivity contribution in [3.8, 4) is 5.75 Å². The minimum absolute atomic E-state index is 0.108. The number of urea groups is 1. The summed E-state index contributed by atoms with van der Waals surface area (Å²) in [5, 5.41) is 2.88. The van der Waals surface area contributed by atoms with Crippen molar-refractivity contribution < 1.29 is 14.3 Å². The van der Waals surface area contributed by atoms with Gasteiger partial charge < -0.3 is 10.1 Å². The Morgan fingerprint density at radius 3 is 2.90 bits per heavy atom. The number of carbonyl (C=O) groups is 2. The molecule has 1 N–H and O–H groups in total. The van der Waals surface area contributed by atoms with Gasteiger partial charge >= 0.3 is 6.03 Å². The molecule has 1 aromatic rings. The second kappa shape index (κ2) is 5.60. The lowest BCUT2D eigenvalue weighted by Gasteiger charge is -2.20. The van der Waals surface area contributed by atoms with Gasteiger partial charge in [-0.25, -0.2) is 4.79 Å². The molecule has 112 valence electrons. The third-order valence-electron chi connectivity index (χ3n) is 3.87. The van der Waals surface area contributed by atoms with Crippen LogP contribution in [-0.4, -0.2) is 40.5 Å². The number of para-hydroxylation sites is 1. The second-order valence-corrected chi connectivity index (χ2v) is 6.35. The maximum Gasteiger partial charge on any atom is 0.325 e. The Balaban J connectivity index is 1.82. The summed E-state index contributed by atoms with van der Waals surface area (Å²) in [7, 11) is 0.